The van der Waals surface area contributed by atoms with Crippen molar-refractivity contribution in [1.82, 2.24) is 5.32 Å². The molecule has 17 heavy (non-hydrogen) atoms. The lowest BCUT2D eigenvalue weighted by Gasteiger charge is -2.14. The van der Waals surface area contributed by atoms with Crippen molar-refractivity contribution in [2.24, 2.45) is 0 Å². The average molecular weight is 243 g/mol. The van der Waals surface area contributed by atoms with Crippen LogP contribution < -0.4 is 5.32 Å². The number of hydrogen-bond acceptors (Lipinski definition) is 2. The highest BCUT2D eigenvalue weighted by Crippen LogP contribution is 2.14. The first-order valence-electron chi connectivity index (χ1n) is 4.84. The lowest BCUT2D eigenvalue weighted by molar-refractivity contribution is -0.141. The van der Waals surface area contributed by atoms with Gasteiger partial charge >= 0.3 is 5.97 Å². The van der Waals surface area contributed by atoms with E-state index in [0.717, 1.165) is 19.1 Å². The maximum absolute atomic E-state index is 13.3. The van der Waals surface area contributed by atoms with E-state index in [9.17, 15) is 18.4 Å². The molecule has 0 aliphatic carbocycles. The fourth-order valence-electron chi connectivity index (χ4n) is 1.38. The first-order valence-corrected chi connectivity index (χ1v) is 4.84. The quantitative estimate of drug-likeness (QED) is 0.832. The van der Waals surface area contributed by atoms with Gasteiger partial charge in [-0.1, -0.05) is 6.07 Å². The summed E-state index contributed by atoms with van der Waals surface area (Å²) in [6.07, 6.45) is -0.437. The molecule has 4 nitrogen and oxygen atoms in total. The minimum atomic E-state index is -1.35. The molecule has 6 heteroatoms. The van der Waals surface area contributed by atoms with Crippen molar-refractivity contribution in [3.8, 4) is 0 Å². The van der Waals surface area contributed by atoms with Crippen molar-refractivity contribution >= 4 is 11.9 Å². The second-order valence-electron chi connectivity index (χ2n) is 3.50. The van der Waals surface area contributed by atoms with Crippen molar-refractivity contribution < 1.29 is 23.5 Å². The number of benzene rings is 1. The summed E-state index contributed by atoms with van der Waals surface area (Å²) in [7, 11) is 0. The molecule has 0 bridgehead atoms. The molecule has 0 saturated carbocycles. The Labute approximate surface area is 96.3 Å². The number of nitrogens with one attached hydrogen (secondary N) is 1. The molecule has 92 valence electrons. The molecular formula is C11H11F2NO3. The highest BCUT2D eigenvalue weighted by atomic mass is 19.1. The van der Waals surface area contributed by atoms with E-state index in [4.69, 9.17) is 5.11 Å². The van der Waals surface area contributed by atoms with Gasteiger partial charge in [-0.25, -0.2) is 13.6 Å². The Balaban J connectivity index is 2.93. The number of carbonyl (C=O) groups is 2. The fourth-order valence-corrected chi connectivity index (χ4v) is 1.38. The number of amides is 1. The lowest BCUT2D eigenvalue weighted by Crippen LogP contribution is -2.41. The molecule has 1 aromatic carbocycles. The van der Waals surface area contributed by atoms with E-state index < -0.39 is 36.0 Å². The number of carbonyl (C=O) groups excluding carboxylic acids is 1. The van der Waals surface area contributed by atoms with Crippen LogP contribution in [-0.2, 0) is 16.0 Å². The maximum atomic E-state index is 13.3. The lowest BCUT2D eigenvalue weighted by atomic mass is 10.0. The third kappa shape index (κ3) is 3.51. The first-order chi connectivity index (χ1) is 7.91. The molecule has 0 fully saturated rings. The normalized spacial score (nSPS) is 11.9. The van der Waals surface area contributed by atoms with E-state index in [-0.39, 0.29) is 5.56 Å². The Morgan fingerprint density at radius 1 is 1.35 bits per heavy atom. The highest BCUT2D eigenvalue weighted by molar-refractivity contribution is 5.82. The van der Waals surface area contributed by atoms with E-state index in [1.165, 1.54) is 6.07 Å². The van der Waals surface area contributed by atoms with Gasteiger partial charge in [-0.2, -0.15) is 0 Å². The maximum Gasteiger partial charge on any atom is 0.326 e. The van der Waals surface area contributed by atoms with Crippen LogP contribution in [0.25, 0.3) is 0 Å². The van der Waals surface area contributed by atoms with Gasteiger partial charge in [-0.3, -0.25) is 4.79 Å². The van der Waals surface area contributed by atoms with Gasteiger partial charge in [-0.15, -0.1) is 0 Å². The van der Waals surface area contributed by atoms with Crippen LogP contribution in [0.1, 0.15) is 12.5 Å². The summed E-state index contributed by atoms with van der Waals surface area (Å²) in [6, 6.07) is 1.90. The molecule has 0 aliphatic rings. The van der Waals surface area contributed by atoms with Gasteiger partial charge in [0.05, 0.1) is 0 Å². The van der Waals surface area contributed by atoms with Crippen LogP contribution in [0.2, 0.25) is 0 Å². The second-order valence-corrected chi connectivity index (χ2v) is 3.50. The van der Waals surface area contributed by atoms with Crippen molar-refractivity contribution in [3.63, 3.8) is 0 Å². The zero-order valence-electron chi connectivity index (χ0n) is 9.04. The topological polar surface area (TPSA) is 66.4 Å². The van der Waals surface area contributed by atoms with E-state index in [0.29, 0.717) is 0 Å². The minimum Gasteiger partial charge on any atom is -0.480 e. The van der Waals surface area contributed by atoms with Gasteiger partial charge in [0.2, 0.25) is 5.91 Å². The molecule has 0 aliphatic heterocycles. The Kier molecular flexibility index (Phi) is 4.14. The fraction of sp³-hybridized carbons (Fsp3) is 0.273. The van der Waals surface area contributed by atoms with Gasteiger partial charge in [-0.05, 0) is 12.1 Å². The Hall–Kier alpha value is -1.98. The summed E-state index contributed by atoms with van der Waals surface area (Å²) in [4.78, 5) is 21.6. The number of hydrogen-bond donors (Lipinski definition) is 2. The van der Waals surface area contributed by atoms with Crippen molar-refractivity contribution in [3.05, 3.63) is 35.4 Å². The molecule has 1 rings (SSSR count). The molecular weight excluding hydrogens is 232 g/mol. The van der Waals surface area contributed by atoms with Crippen LogP contribution in [0, 0.1) is 11.6 Å². The number of rotatable bonds is 4. The molecule has 0 aromatic heterocycles. The SMILES string of the molecule is CC(=O)N[C@@H](Cc1c(F)cccc1F)C(=O)O. The Morgan fingerprint density at radius 2 is 1.88 bits per heavy atom. The van der Waals surface area contributed by atoms with Crippen LogP contribution >= 0.6 is 0 Å². The smallest absolute Gasteiger partial charge is 0.326 e. The highest BCUT2D eigenvalue weighted by Gasteiger charge is 2.22. The molecule has 1 aromatic rings. The van der Waals surface area contributed by atoms with Gasteiger partial charge in [0.1, 0.15) is 17.7 Å². The van der Waals surface area contributed by atoms with E-state index in [2.05, 4.69) is 5.32 Å². The van der Waals surface area contributed by atoms with Crippen molar-refractivity contribution in [1.29, 1.82) is 0 Å². The van der Waals surface area contributed by atoms with E-state index in [1.807, 2.05) is 0 Å². The summed E-state index contributed by atoms with van der Waals surface area (Å²) >= 11 is 0. The van der Waals surface area contributed by atoms with Crippen molar-refractivity contribution in [2.45, 2.75) is 19.4 Å². The van der Waals surface area contributed by atoms with Crippen LogP contribution in [0.15, 0.2) is 18.2 Å². The number of halogens is 2. The number of carboxylic acid groups (broad SMARTS) is 1. The van der Waals surface area contributed by atoms with Gasteiger partial charge in [0, 0.05) is 18.9 Å². The zero-order valence-corrected chi connectivity index (χ0v) is 9.04. The van der Waals surface area contributed by atoms with Crippen molar-refractivity contribution in [2.75, 3.05) is 0 Å². The minimum absolute atomic E-state index is 0.353. The number of carboxylic acids is 1. The average Bonchev–Trinajstić information content (AvgIpc) is 2.21. The summed E-state index contributed by atoms with van der Waals surface area (Å²) in [5.74, 6) is -3.58. The van der Waals surface area contributed by atoms with Gasteiger partial charge in [0.25, 0.3) is 0 Å². The molecule has 0 unspecified atom stereocenters. The largest absolute Gasteiger partial charge is 0.480 e. The summed E-state index contributed by atoms with van der Waals surface area (Å²) in [5, 5.41) is 10.9. The van der Waals surface area contributed by atoms with Crippen LogP contribution in [0.3, 0.4) is 0 Å². The van der Waals surface area contributed by atoms with E-state index in [1.54, 1.807) is 0 Å². The van der Waals surface area contributed by atoms with Gasteiger partial charge in [0.15, 0.2) is 0 Å². The molecule has 0 saturated heterocycles. The number of aliphatic carboxylic acids is 1. The molecule has 2 N–H and O–H groups in total. The second kappa shape index (κ2) is 5.38. The Morgan fingerprint density at radius 3 is 2.29 bits per heavy atom. The molecule has 1 amide bonds. The summed E-state index contributed by atoms with van der Waals surface area (Å²) in [6.45, 7) is 1.13. The van der Waals surface area contributed by atoms with Crippen LogP contribution in [0.4, 0.5) is 8.78 Å². The van der Waals surface area contributed by atoms with Gasteiger partial charge < -0.3 is 10.4 Å². The monoisotopic (exact) mass is 243 g/mol. The zero-order chi connectivity index (χ0) is 13.0. The van der Waals surface area contributed by atoms with Crippen LogP contribution in [0.5, 0.6) is 0 Å². The predicted octanol–water partition coefficient (Wildman–Crippen LogP) is 1.10. The predicted molar refractivity (Wildman–Crippen MR) is 55.3 cm³/mol. The molecule has 0 heterocycles. The molecule has 0 radical (unpaired) electrons. The van der Waals surface area contributed by atoms with Crippen LogP contribution in [-0.4, -0.2) is 23.0 Å². The molecule has 1 atom stereocenters. The molecule has 0 spiro atoms. The third-order valence-electron chi connectivity index (χ3n) is 2.15. The summed E-state index contributed by atoms with van der Waals surface area (Å²) in [5.41, 5.74) is -0.353. The van der Waals surface area contributed by atoms with E-state index >= 15 is 0 Å². The Bertz CT molecular complexity index is 428. The standard InChI is InChI=1S/C11H11F2NO3/c1-6(15)14-10(11(16)17)5-7-8(12)3-2-4-9(7)13/h2-4,10H,5H2,1H3,(H,14,15)(H,16,17)/t10-/m0/s1. The third-order valence-corrected chi connectivity index (χ3v) is 2.15. The summed E-state index contributed by atoms with van der Waals surface area (Å²) < 4.78 is 26.5. The first kappa shape index (κ1) is 13.1.